The van der Waals surface area contributed by atoms with Crippen molar-refractivity contribution in [1.82, 2.24) is 9.78 Å². The molecule has 2 aromatic rings. The fourth-order valence-corrected chi connectivity index (χ4v) is 1.86. The Morgan fingerprint density at radius 3 is 2.94 bits per heavy atom. The van der Waals surface area contributed by atoms with E-state index in [0.717, 1.165) is 16.5 Å². The molecule has 5 heteroatoms. The summed E-state index contributed by atoms with van der Waals surface area (Å²) in [5, 5.41) is 13.6. The van der Waals surface area contributed by atoms with Gasteiger partial charge in [0.1, 0.15) is 5.75 Å². The van der Waals surface area contributed by atoms with Crippen molar-refractivity contribution in [2.24, 2.45) is 7.05 Å². The van der Waals surface area contributed by atoms with Crippen LogP contribution in [0.3, 0.4) is 0 Å². The van der Waals surface area contributed by atoms with Crippen LogP contribution in [0.1, 0.15) is 5.56 Å². The maximum atomic E-state index is 8.73. The zero-order chi connectivity index (χ0) is 11.7. The monoisotopic (exact) mass is 216 g/mol. The summed E-state index contributed by atoms with van der Waals surface area (Å²) in [6.45, 7) is 0. The molecule has 1 aromatic carbocycles. The van der Waals surface area contributed by atoms with E-state index < -0.39 is 0 Å². The van der Waals surface area contributed by atoms with Crippen LogP contribution in [0.15, 0.2) is 12.1 Å². The molecule has 82 valence electrons. The number of nitrogens with two attached hydrogens (primary N) is 1. The predicted octanol–water partition coefficient (Wildman–Crippen LogP) is 1.23. The standard InChI is InChI=1S/C11H12N4O/c1-15-8-4-3-7(5-6-12)10(16-2)9(8)11(13)14-15/h3-4H,5H2,1-2H3,(H2,13,14). The number of nitrogens with zero attached hydrogens (tertiary/aromatic N) is 3. The van der Waals surface area contributed by atoms with Gasteiger partial charge in [-0.05, 0) is 6.07 Å². The van der Waals surface area contributed by atoms with Crippen LogP contribution in [0.2, 0.25) is 0 Å². The molecule has 1 aromatic heterocycles. The Bertz CT molecular complexity index is 580. The molecule has 0 saturated heterocycles. The van der Waals surface area contributed by atoms with Crippen molar-refractivity contribution < 1.29 is 4.74 Å². The number of methoxy groups -OCH3 is 1. The number of benzene rings is 1. The number of nitriles is 1. The van der Waals surface area contributed by atoms with Gasteiger partial charge in [-0.3, -0.25) is 4.68 Å². The van der Waals surface area contributed by atoms with Gasteiger partial charge in [0.2, 0.25) is 0 Å². The Balaban J connectivity index is 2.80. The third kappa shape index (κ3) is 1.36. The van der Waals surface area contributed by atoms with Crippen LogP contribution < -0.4 is 10.5 Å². The van der Waals surface area contributed by atoms with E-state index in [2.05, 4.69) is 11.2 Å². The smallest absolute Gasteiger partial charge is 0.157 e. The maximum Gasteiger partial charge on any atom is 0.157 e. The molecule has 0 saturated carbocycles. The summed E-state index contributed by atoms with van der Waals surface area (Å²) < 4.78 is 7.02. The number of rotatable bonds is 2. The van der Waals surface area contributed by atoms with Gasteiger partial charge in [-0.1, -0.05) is 6.07 Å². The number of anilines is 1. The van der Waals surface area contributed by atoms with Crippen molar-refractivity contribution in [2.45, 2.75) is 6.42 Å². The van der Waals surface area contributed by atoms with E-state index >= 15 is 0 Å². The molecule has 2 rings (SSSR count). The molecule has 16 heavy (non-hydrogen) atoms. The van der Waals surface area contributed by atoms with Crippen molar-refractivity contribution >= 4 is 16.7 Å². The summed E-state index contributed by atoms with van der Waals surface area (Å²) in [6, 6.07) is 5.86. The molecule has 0 aliphatic rings. The number of aryl methyl sites for hydroxylation is 1. The van der Waals surface area contributed by atoms with Crippen LogP contribution >= 0.6 is 0 Å². The number of hydrogen-bond donors (Lipinski definition) is 1. The van der Waals surface area contributed by atoms with E-state index in [4.69, 9.17) is 15.7 Å². The third-order valence-electron chi connectivity index (χ3n) is 2.55. The highest BCUT2D eigenvalue weighted by atomic mass is 16.5. The molecule has 2 N–H and O–H groups in total. The minimum Gasteiger partial charge on any atom is -0.496 e. The van der Waals surface area contributed by atoms with Crippen LogP contribution in [-0.4, -0.2) is 16.9 Å². The minimum absolute atomic E-state index is 0.299. The lowest BCUT2D eigenvalue weighted by atomic mass is 10.1. The molecule has 0 bridgehead atoms. The number of aromatic nitrogens is 2. The molecule has 0 unspecified atom stereocenters. The summed E-state index contributed by atoms with van der Waals surface area (Å²) in [4.78, 5) is 0. The van der Waals surface area contributed by atoms with Crippen molar-refractivity contribution in [3.8, 4) is 11.8 Å². The van der Waals surface area contributed by atoms with Crippen molar-refractivity contribution in [1.29, 1.82) is 5.26 Å². The Hall–Kier alpha value is -2.22. The number of hydrogen-bond acceptors (Lipinski definition) is 4. The predicted molar refractivity (Wildman–Crippen MR) is 61.0 cm³/mol. The molecule has 0 aliphatic heterocycles. The van der Waals surface area contributed by atoms with E-state index in [1.807, 2.05) is 19.2 Å². The first-order chi connectivity index (χ1) is 7.69. The van der Waals surface area contributed by atoms with E-state index in [-0.39, 0.29) is 0 Å². The maximum absolute atomic E-state index is 8.73. The minimum atomic E-state index is 0.299. The van der Waals surface area contributed by atoms with Gasteiger partial charge in [0.25, 0.3) is 0 Å². The second-order valence-corrected chi connectivity index (χ2v) is 3.50. The van der Waals surface area contributed by atoms with Gasteiger partial charge < -0.3 is 10.5 Å². The fourth-order valence-electron chi connectivity index (χ4n) is 1.86. The molecule has 1 heterocycles. The van der Waals surface area contributed by atoms with Crippen LogP contribution in [0.25, 0.3) is 10.9 Å². The van der Waals surface area contributed by atoms with Gasteiger partial charge >= 0.3 is 0 Å². The van der Waals surface area contributed by atoms with Crippen LogP contribution in [0, 0.1) is 11.3 Å². The summed E-state index contributed by atoms with van der Waals surface area (Å²) in [5.41, 5.74) is 7.55. The number of fused-ring (bicyclic) bond motifs is 1. The van der Waals surface area contributed by atoms with Crippen LogP contribution in [0.4, 0.5) is 5.82 Å². The molecule has 0 atom stereocenters. The number of nitrogen functional groups attached to an aromatic ring is 1. The highest BCUT2D eigenvalue weighted by Crippen LogP contribution is 2.33. The first-order valence-corrected chi connectivity index (χ1v) is 4.84. The van der Waals surface area contributed by atoms with Gasteiger partial charge in [-0.15, -0.1) is 0 Å². The highest BCUT2D eigenvalue weighted by Gasteiger charge is 2.14. The molecule has 0 aliphatic carbocycles. The summed E-state index contributed by atoms with van der Waals surface area (Å²) in [6.07, 6.45) is 0.299. The van der Waals surface area contributed by atoms with E-state index in [1.165, 1.54) is 0 Å². The quantitative estimate of drug-likeness (QED) is 0.819. The Labute approximate surface area is 93.0 Å². The summed E-state index contributed by atoms with van der Waals surface area (Å²) in [5.74, 6) is 1.07. The Kier molecular flexibility index (Phi) is 2.41. The normalized spacial score (nSPS) is 10.3. The lowest BCUT2D eigenvalue weighted by molar-refractivity contribution is 0.416. The Morgan fingerprint density at radius 2 is 2.31 bits per heavy atom. The second-order valence-electron chi connectivity index (χ2n) is 3.50. The molecular weight excluding hydrogens is 204 g/mol. The van der Waals surface area contributed by atoms with E-state index in [9.17, 15) is 0 Å². The fraction of sp³-hybridized carbons (Fsp3) is 0.273. The molecule has 0 fully saturated rings. The summed E-state index contributed by atoms with van der Waals surface area (Å²) >= 11 is 0. The first kappa shape index (κ1) is 10.3. The van der Waals surface area contributed by atoms with Crippen molar-refractivity contribution in [2.75, 3.05) is 12.8 Å². The van der Waals surface area contributed by atoms with Crippen LogP contribution in [-0.2, 0) is 13.5 Å². The van der Waals surface area contributed by atoms with Crippen molar-refractivity contribution in [3.05, 3.63) is 17.7 Å². The van der Waals surface area contributed by atoms with Gasteiger partial charge in [0.05, 0.1) is 30.5 Å². The molecule has 5 nitrogen and oxygen atoms in total. The highest BCUT2D eigenvalue weighted by molar-refractivity contribution is 5.95. The Morgan fingerprint density at radius 1 is 1.56 bits per heavy atom. The lowest BCUT2D eigenvalue weighted by Crippen LogP contribution is -1.94. The van der Waals surface area contributed by atoms with Gasteiger partial charge in [-0.25, -0.2) is 0 Å². The number of ether oxygens (including phenoxy) is 1. The molecule has 0 spiro atoms. The van der Waals surface area contributed by atoms with Gasteiger partial charge in [0, 0.05) is 12.6 Å². The molecule has 0 radical (unpaired) electrons. The topological polar surface area (TPSA) is 76.9 Å². The SMILES string of the molecule is COc1c(CC#N)ccc2c1c(N)nn2C. The van der Waals surface area contributed by atoms with Gasteiger partial charge in [0.15, 0.2) is 5.82 Å². The zero-order valence-corrected chi connectivity index (χ0v) is 9.19. The third-order valence-corrected chi connectivity index (χ3v) is 2.55. The van der Waals surface area contributed by atoms with Crippen molar-refractivity contribution in [3.63, 3.8) is 0 Å². The van der Waals surface area contributed by atoms with E-state index in [0.29, 0.717) is 18.0 Å². The van der Waals surface area contributed by atoms with Crippen LogP contribution in [0.5, 0.6) is 5.75 Å². The average Bonchev–Trinajstić information content (AvgIpc) is 2.55. The zero-order valence-electron chi connectivity index (χ0n) is 9.19. The molecular formula is C11H12N4O. The average molecular weight is 216 g/mol. The van der Waals surface area contributed by atoms with Gasteiger partial charge in [-0.2, -0.15) is 10.4 Å². The lowest BCUT2D eigenvalue weighted by Gasteiger charge is -2.07. The largest absolute Gasteiger partial charge is 0.496 e. The second kappa shape index (κ2) is 3.74. The first-order valence-electron chi connectivity index (χ1n) is 4.84. The summed E-state index contributed by atoms with van der Waals surface area (Å²) in [7, 11) is 3.39. The molecule has 0 amide bonds. The van der Waals surface area contributed by atoms with E-state index in [1.54, 1.807) is 11.8 Å².